The van der Waals surface area contributed by atoms with Gasteiger partial charge in [-0.3, -0.25) is 19.8 Å². The molecule has 14 aromatic rings. The minimum Gasteiger partial charge on any atom is -0.505 e. The van der Waals surface area contributed by atoms with Crippen molar-refractivity contribution in [3.8, 4) is 85.2 Å². The molecule has 0 spiro atoms. The van der Waals surface area contributed by atoms with E-state index in [4.69, 9.17) is 58.3 Å². The number of imidazole rings is 3. The first-order valence-electron chi connectivity index (χ1n) is 51.8. The van der Waals surface area contributed by atoms with Crippen molar-refractivity contribution in [1.82, 2.24) is 73.5 Å². The molecule has 0 unspecified atom stereocenters. The summed E-state index contributed by atoms with van der Waals surface area (Å²) in [6.45, 7) is 51.2. The van der Waals surface area contributed by atoms with Crippen LogP contribution in [0.5, 0.6) is 17.2 Å². The highest BCUT2D eigenvalue weighted by Gasteiger charge is 2.38. The monoisotopic (exact) mass is 2030 g/mol. The van der Waals surface area contributed by atoms with Crippen LogP contribution in [0.15, 0.2) is 152 Å². The summed E-state index contributed by atoms with van der Waals surface area (Å²) in [6, 6.07) is 52.1. The number of hydrogen-bond donors (Lipinski definition) is 3. The lowest BCUT2D eigenvalue weighted by Crippen LogP contribution is -2.34. The van der Waals surface area contributed by atoms with E-state index < -0.39 is 49.5 Å². The zero-order chi connectivity index (χ0) is 102. The number of fused-ring (bicyclic) bond motifs is 6. The molecule has 5 aliphatic rings. The van der Waals surface area contributed by atoms with Crippen LogP contribution >= 0.6 is 0 Å². The van der Waals surface area contributed by atoms with Gasteiger partial charge in [-0.05, 0) is 236 Å². The standard InChI is InChI=1S/C44H60FN5O5Si2.C44H60FN5O3Si2.C25H26FN5O/c1-11-32-24-40(54-28-31-15-13-12-14-16-31)36(45)25-35(32)33-17-18-34-38(23-33)50(30-53-20-22-57(8,9)10)47-41(34)42-46-37-26-48(43(51)55-44(2,3)4)27-39(37)49(42)29-52-19-21-56(5,6)7;1-8-34-24-42(53-29-33-13-10-9-11-14-33)38(45)25-37(34)35-17-18-36-40(23-35)50(31-52-20-22-55(5,6)7)47-43(36)44-46-39-27-48(26-32-15-12-16-32)28-41(39)49(44)30-51-19-21-54(2,3)4;1-2-15-9-23(32)19(26)10-18(15)16-6-7-17-20(8-16)29-30-24(17)25-27-21-12-31(13-22(21)28-25)11-14-4-3-5-14/h12-18,23-25H,11,19-22,26-30H2,1-10H3;9-11,13-14,17-18,23-25,32H,8,12,15-16,19-22,26-31H2,1-7H3;6-10,14,32H,2-5,11-13H2,1H3,(H,27,28)(H,29,30). The van der Waals surface area contributed by atoms with Crippen LogP contribution in [0, 0.1) is 29.3 Å². The van der Waals surface area contributed by atoms with Gasteiger partial charge in [0.05, 0.1) is 63.8 Å². The minimum atomic E-state index is -1.33. The molecule has 1 amide bonds. The lowest BCUT2D eigenvalue weighted by molar-refractivity contribution is 0.0232. The number of phenolic OH excluding ortho intramolecular Hbond substituents is 1. The molecule has 31 heteroatoms. The van der Waals surface area contributed by atoms with Crippen molar-refractivity contribution in [2.45, 2.75) is 287 Å². The number of aromatic amines is 2. The van der Waals surface area contributed by atoms with Gasteiger partial charge in [-0.1, -0.05) is 191 Å². The molecule has 9 heterocycles. The van der Waals surface area contributed by atoms with E-state index in [1.807, 2.05) is 140 Å². The van der Waals surface area contributed by atoms with Crippen LogP contribution < -0.4 is 9.47 Å². The van der Waals surface area contributed by atoms with Crippen molar-refractivity contribution < 1.29 is 56.2 Å². The number of phenols is 1. The molecule has 19 rings (SSSR count). The van der Waals surface area contributed by atoms with Gasteiger partial charge in [0.2, 0.25) is 0 Å². The summed E-state index contributed by atoms with van der Waals surface area (Å²) < 4.78 is 96.7. The topological polar surface area (TPSA) is 240 Å². The third kappa shape index (κ3) is 25.6. The number of nitrogens with one attached hydrogen (secondary N) is 2. The summed E-state index contributed by atoms with van der Waals surface area (Å²) in [5, 5.41) is 30.7. The third-order valence-electron chi connectivity index (χ3n) is 28.1. The number of amides is 1. The van der Waals surface area contributed by atoms with Gasteiger partial charge in [0.1, 0.15) is 62.8 Å². The average Bonchev–Trinajstić information content (AvgIpc) is 1.59. The number of benzene rings is 8. The van der Waals surface area contributed by atoms with E-state index in [0.717, 1.165) is 221 Å². The molecule has 0 bridgehead atoms. The second-order valence-corrected chi connectivity index (χ2v) is 68.1. The molecule has 764 valence electrons. The predicted octanol–water partition coefficient (Wildman–Crippen LogP) is 26.5. The van der Waals surface area contributed by atoms with Crippen LogP contribution in [-0.4, -0.2) is 162 Å². The number of aryl methyl sites for hydroxylation is 3. The highest BCUT2D eigenvalue weighted by molar-refractivity contribution is 6.77. The van der Waals surface area contributed by atoms with Crippen LogP contribution in [-0.2, 0) is 122 Å². The fourth-order valence-corrected chi connectivity index (χ4v) is 22.2. The Kier molecular flexibility index (Phi) is 32.4. The fourth-order valence-electron chi connectivity index (χ4n) is 19.2. The van der Waals surface area contributed by atoms with E-state index in [1.165, 1.54) is 68.6 Å². The maximum Gasteiger partial charge on any atom is 0.410 e. The summed E-state index contributed by atoms with van der Waals surface area (Å²) in [5.41, 5.74) is 20.8. The summed E-state index contributed by atoms with van der Waals surface area (Å²) in [5.74, 6) is 2.78. The van der Waals surface area contributed by atoms with Crippen molar-refractivity contribution in [2.75, 3.05) is 39.5 Å². The van der Waals surface area contributed by atoms with Crippen molar-refractivity contribution in [3.63, 3.8) is 0 Å². The van der Waals surface area contributed by atoms with Crippen LogP contribution in [0.4, 0.5) is 18.0 Å². The van der Waals surface area contributed by atoms with E-state index in [2.05, 4.69) is 151 Å². The summed E-state index contributed by atoms with van der Waals surface area (Å²) >= 11 is 0. The van der Waals surface area contributed by atoms with Crippen molar-refractivity contribution >= 4 is 71.1 Å². The Balaban J connectivity index is 0.000000154. The second kappa shape index (κ2) is 44.7. The van der Waals surface area contributed by atoms with E-state index in [-0.39, 0.29) is 49.2 Å². The van der Waals surface area contributed by atoms with E-state index >= 15 is 8.78 Å². The van der Waals surface area contributed by atoms with Crippen LogP contribution in [0.1, 0.15) is 142 Å². The van der Waals surface area contributed by atoms with Crippen molar-refractivity contribution in [1.29, 1.82) is 0 Å². The van der Waals surface area contributed by atoms with Crippen molar-refractivity contribution in [2.24, 2.45) is 11.8 Å². The van der Waals surface area contributed by atoms with Crippen molar-refractivity contribution in [3.05, 3.63) is 231 Å². The Morgan fingerprint density at radius 1 is 0.458 bits per heavy atom. The molecule has 0 atom stereocenters. The third-order valence-corrected chi connectivity index (χ3v) is 34.9. The van der Waals surface area contributed by atoms with Crippen LogP contribution in [0.3, 0.4) is 0 Å². The molecule has 2 fully saturated rings. The minimum absolute atomic E-state index is 0.237. The lowest BCUT2D eigenvalue weighted by atomic mass is 9.85. The number of nitrogens with zero attached hydrogens (tertiary/aromatic N) is 13. The molecule has 3 aliphatic heterocycles. The number of carbonyl (C=O) groups is 1. The molecule has 2 aliphatic carbocycles. The smallest absolute Gasteiger partial charge is 0.410 e. The Bertz CT molecular complexity index is 6830. The fraction of sp³-hybridized carbons (Fsp3) is 0.460. The predicted molar refractivity (Wildman–Crippen MR) is 578 cm³/mol. The van der Waals surface area contributed by atoms with Gasteiger partial charge < -0.3 is 52.4 Å². The first-order chi connectivity index (χ1) is 68.8. The SMILES string of the molecule is CCc1cc(O)c(F)cc1-c1ccc2c(-c3nc4c([nH]3)CN(CC3CCC3)C4)n[nH]c2c1.CCc1cc(OCc2ccccc2)c(F)cc1-c1ccc2c(-c3nc4c(n3COCC[Si](C)(C)C)CN(C(=O)OC(C)(C)C)C4)nn(COCC[Si](C)(C)C)c2c1.CCc1cc(OCc2ccccc2)c(F)cc1-c1ccc2c(-c3nc4c(n3COCC[Si](C)(C)C)CN(CC3CCC3)C4)nn(COCC[Si](C)(C)C)c2c1. The van der Waals surface area contributed by atoms with E-state index in [1.54, 1.807) is 17.0 Å². The second-order valence-electron chi connectivity index (χ2n) is 45.6. The Hall–Kier alpha value is -11.1. The quantitative estimate of drug-likeness (QED) is 0.0240. The summed E-state index contributed by atoms with van der Waals surface area (Å²) in [7, 11) is -5.18. The zero-order valence-corrected chi connectivity index (χ0v) is 91.7. The number of carbonyl (C=O) groups excluding carboxylic acids is 1. The summed E-state index contributed by atoms with van der Waals surface area (Å²) in [6.07, 6.45) is 9.89. The molecule has 3 N–H and O–H groups in total. The number of hydrogen-bond acceptors (Lipinski definition) is 17. The molecule has 0 radical (unpaired) electrons. The van der Waals surface area contributed by atoms with Gasteiger partial charge in [-0.2, -0.15) is 15.3 Å². The molecular weight excluding hydrogens is 1880 g/mol. The number of H-pyrrole nitrogens is 2. The van der Waals surface area contributed by atoms with Gasteiger partial charge in [0.25, 0.3) is 0 Å². The maximum atomic E-state index is 15.7. The first-order valence-corrected chi connectivity index (χ1v) is 66.6. The first kappa shape index (κ1) is 104. The lowest BCUT2D eigenvalue weighted by Gasteiger charge is -2.29. The van der Waals surface area contributed by atoms with Gasteiger partial charge in [-0.15, -0.1) is 0 Å². The Morgan fingerprint density at radius 3 is 1.33 bits per heavy atom. The molecule has 24 nitrogen and oxygen atoms in total. The molecule has 8 aromatic carbocycles. The average molecular weight is 2030 g/mol. The number of ether oxygens (including phenoxy) is 7. The Morgan fingerprint density at radius 2 is 0.882 bits per heavy atom. The van der Waals surface area contributed by atoms with Gasteiger partial charge in [0.15, 0.2) is 52.2 Å². The molecule has 2 saturated carbocycles. The zero-order valence-electron chi connectivity index (χ0n) is 87.7. The maximum absolute atomic E-state index is 15.7. The molecular formula is C113H146F3N15O9Si4. The Labute approximate surface area is 850 Å². The molecule has 6 aromatic heterocycles. The van der Waals surface area contributed by atoms with Gasteiger partial charge in [-0.25, -0.2) is 42.3 Å². The number of halogens is 3. The highest BCUT2D eigenvalue weighted by Crippen LogP contribution is 2.44. The number of rotatable bonds is 39. The molecule has 144 heavy (non-hydrogen) atoms. The number of aromatic nitrogens is 12. The summed E-state index contributed by atoms with van der Waals surface area (Å²) in [4.78, 5) is 38.7. The van der Waals surface area contributed by atoms with Crippen LogP contribution in [0.25, 0.3) is 101 Å². The van der Waals surface area contributed by atoms with Crippen LogP contribution in [0.2, 0.25) is 103 Å². The number of aromatic hydroxyl groups is 1. The van der Waals surface area contributed by atoms with Gasteiger partial charge in [0, 0.05) is 114 Å². The normalized spacial score (nSPS) is 14.8. The van der Waals surface area contributed by atoms with E-state index in [9.17, 15) is 14.3 Å². The largest absolute Gasteiger partial charge is 0.505 e. The van der Waals surface area contributed by atoms with Gasteiger partial charge >= 0.3 is 6.09 Å². The van der Waals surface area contributed by atoms with E-state index in [0.29, 0.717) is 77.3 Å². The molecule has 0 saturated heterocycles. The highest BCUT2D eigenvalue weighted by atomic mass is 28.3.